The van der Waals surface area contributed by atoms with Gasteiger partial charge in [-0.2, -0.15) is 6.07 Å². The topological polar surface area (TPSA) is 0 Å². The standard InChI is InChI=1S/C14H17.Zr/c1-10-8-11-6-5-7-13(12(11)9-10)14(2,3)4;/h5-9H,1-4H3;/q-1;. The summed E-state index contributed by atoms with van der Waals surface area (Å²) in [6.45, 7) is 8.96. The summed E-state index contributed by atoms with van der Waals surface area (Å²) >= 11 is 0. The molecule has 2 rings (SSSR count). The molecule has 0 nitrogen and oxygen atoms in total. The Kier molecular flexibility index (Phi) is 3.66. The van der Waals surface area contributed by atoms with Crippen molar-refractivity contribution in [1.29, 1.82) is 0 Å². The molecule has 2 aromatic rings. The van der Waals surface area contributed by atoms with E-state index in [-0.39, 0.29) is 31.6 Å². The van der Waals surface area contributed by atoms with Crippen LogP contribution in [0.25, 0.3) is 10.8 Å². The van der Waals surface area contributed by atoms with Gasteiger partial charge in [0.2, 0.25) is 0 Å². The van der Waals surface area contributed by atoms with Gasteiger partial charge in [-0.25, -0.2) is 0 Å². The smallest absolute Gasteiger partial charge is 0 e. The number of rotatable bonds is 0. The monoisotopic (exact) mass is 275 g/mol. The number of hydrogen-bond acceptors (Lipinski definition) is 0. The Morgan fingerprint density at radius 2 is 1.80 bits per heavy atom. The van der Waals surface area contributed by atoms with E-state index in [0.717, 1.165) is 0 Å². The summed E-state index contributed by atoms with van der Waals surface area (Å²) in [6, 6.07) is 11.1. The first kappa shape index (κ1) is 12.8. The molecule has 0 saturated carbocycles. The Morgan fingerprint density at radius 1 is 1.13 bits per heavy atom. The fourth-order valence-corrected chi connectivity index (χ4v) is 2.04. The van der Waals surface area contributed by atoms with Crippen molar-refractivity contribution in [3.8, 4) is 0 Å². The molecule has 0 aliphatic rings. The Morgan fingerprint density at radius 3 is 2.40 bits per heavy atom. The molecule has 0 aliphatic carbocycles. The van der Waals surface area contributed by atoms with E-state index in [1.807, 2.05) is 0 Å². The van der Waals surface area contributed by atoms with E-state index in [9.17, 15) is 0 Å². The third-order valence-corrected chi connectivity index (χ3v) is 2.70. The molecule has 0 saturated heterocycles. The fourth-order valence-electron chi connectivity index (χ4n) is 2.04. The van der Waals surface area contributed by atoms with Crippen LogP contribution in [0, 0.1) is 6.92 Å². The van der Waals surface area contributed by atoms with Gasteiger partial charge in [0.15, 0.2) is 0 Å². The minimum absolute atomic E-state index is 0. The third-order valence-electron chi connectivity index (χ3n) is 2.70. The maximum absolute atomic E-state index is 2.29. The fraction of sp³-hybridized carbons (Fsp3) is 0.357. The van der Waals surface area contributed by atoms with Gasteiger partial charge in [0, 0.05) is 26.2 Å². The number of benzene rings is 1. The van der Waals surface area contributed by atoms with E-state index >= 15 is 0 Å². The maximum atomic E-state index is 2.29. The van der Waals surface area contributed by atoms with E-state index in [1.54, 1.807) is 0 Å². The van der Waals surface area contributed by atoms with Gasteiger partial charge in [0.05, 0.1) is 0 Å². The maximum Gasteiger partial charge on any atom is 0 e. The minimum Gasteiger partial charge on any atom is -0.165 e. The predicted molar refractivity (Wildman–Crippen MR) is 63.0 cm³/mol. The van der Waals surface area contributed by atoms with Crippen molar-refractivity contribution in [2.45, 2.75) is 33.1 Å². The second-order valence-corrected chi connectivity index (χ2v) is 5.09. The molecule has 0 fully saturated rings. The molecule has 0 amide bonds. The molecular formula is C14H17Zr-. The van der Waals surface area contributed by atoms with Gasteiger partial charge in [-0.3, -0.25) is 0 Å². The minimum atomic E-state index is 0. The molecule has 0 aromatic heterocycles. The average molecular weight is 277 g/mol. The van der Waals surface area contributed by atoms with Crippen LogP contribution < -0.4 is 0 Å². The normalized spacial score (nSPS) is 11.5. The first-order chi connectivity index (χ1) is 6.48. The molecule has 0 radical (unpaired) electrons. The van der Waals surface area contributed by atoms with Gasteiger partial charge >= 0.3 is 0 Å². The van der Waals surface area contributed by atoms with Gasteiger partial charge in [0.25, 0.3) is 0 Å². The summed E-state index contributed by atoms with van der Waals surface area (Å²) in [7, 11) is 0. The van der Waals surface area contributed by atoms with Gasteiger partial charge < -0.3 is 0 Å². The van der Waals surface area contributed by atoms with Gasteiger partial charge in [-0.1, -0.05) is 39.3 Å². The van der Waals surface area contributed by atoms with E-state index in [4.69, 9.17) is 0 Å². The molecule has 78 valence electrons. The van der Waals surface area contributed by atoms with Crippen molar-refractivity contribution < 1.29 is 26.2 Å². The number of aryl methyl sites for hydroxylation is 1. The van der Waals surface area contributed by atoms with Crippen LogP contribution in [0.1, 0.15) is 31.9 Å². The summed E-state index contributed by atoms with van der Waals surface area (Å²) in [6.07, 6.45) is 0. The van der Waals surface area contributed by atoms with Crippen LogP contribution in [0.3, 0.4) is 0 Å². The summed E-state index contributed by atoms with van der Waals surface area (Å²) in [5.41, 5.74) is 3.04. The largest absolute Gasteiger partial charge is 0.165 e. The van der Waals surface area contributed by atoms with Crippen molar-refractivity contribution in [2.24, 2.45) is 0 Å². The molecule has 0 heterocycles. The van der Waals surface area contributed by atoms with Crippen molar-refractivity contribution in [1.82, 2.24) is 0 Å². The van der Waals surface area contributed by atoms with Crippen molar-refractivity contribution >= 4 is 10.8 Å². The van der Waals surface area contributed by atoms with Crippen LogP contribution in [0.2, 0.25) is 0 Å². The van der Waals surface area contributed by atoms with Crippen LogP contribution >= 0.6 is 0 Å². The zero-order valence-electron chi connectivity index (χ0n) is 9.89. The predicted octanol–water partition coefficient (Wildman–Crippen LogP) is 4.16. The SMILES string of the molecule is Cc1cc2c(C(C)(C)C)cccc2[cH-]1.[Zr]. The van der Waals surface area contributed by atoms with Crippen molar-refractivity contribution in [3.63, 3.8) is 0 Å². The first-order valence-electron chi connectivity index (χ1n) is 5.15. The summed E-state index contributed by atoms with van der Waals surface area (Å²) < 4.78 is 0. The van der Waals surface area contributed by atoms with E-state index in [0.29, 0.717) is 0 Å². The molecule has 1 heteroatoms. The Bertz CT molecular complexity index is 458. The van der Waals surface area contributed by atoms with Crippen molar-refractivity contribution in [3.05, 3.63) is 41.5 Å². The summed E-state index contributed by atoms with van der Waals surface area (Å²) in [4.78, 5) is 0. The second kappa shape index (κ2) is 4.30. The molecule has 0 bridgehead atoms. The molecule has 0 N–H and O–H groups in total. The first-order valence-corrected chi connectivity index (χ1v) is 5.15. The molecule has 15 heavy (non-hydrogen) atoms. The van der Waals surface area contributed by atoms with E-state index < -0.39 is 0 Å². The second-order valence-electron chi connectivity index (χ2n) is 5.09. The van der Waals surface area contributed by atoms with E-state index in [1.165, 1.54) is 21.9 Å². The Balaban J connectivity index is 0.00000112. The van der Waals surface area contributed by atoms with Gasteiger partial charge in [-0.05, 0) is 5.41 Å². The number of fused-ring (bicyclic) bond motifs is 1. The van der Waals surface area contributed by atoms with Crippen LogP contribution in [0.4, 0.5) is 0 Å². The third kappa shape index (κ3) is 2.45. The average Bonchev–Trinajstić information content (AvgIpc) is 2.41. The summed E-state index contributed by atoms with van der Waals surface area (Å²) in [5.74, 6) is 0. The summed E-state index contributed by atoms with van der Waals surface area (Å²) in [5, 5.41) is 2.78. The van der Waals surface area contributed by atoms with Gasteiger partial charge in [0.1, 0.15) is 0 Å². The van der Waals surface area contributed by atoms with Crippen LogP contribution in [0.5, 0.6) is 0 Å². The molecular weight excluding hydrogens is 259 g/mol. The Labute approximate surface area is 111 Å². The molecule has 2 aromatic carbocycles. The van der Waals surface area contributed by atoms with Crippen molar-refractivity contribution in [2.75, 3.05) is 0 Å². The van der Waals surface area contributed by atoms with Crippen LogP contribution in [-0.4, -0.2) is 0 Å². The van der Waals surface area contributed by atoms with Crippen LogP contribution in [-0.2, 0) is 31.6 Å². The zero-order valence-corrected chi connectivity index (χ0v) is 12.3. The molecule has 0 aliphatic heterocycles. The number of hydrogen-bond donors (Lipinski definition) is 0. The van der Waals surface area contributed by atoms with E-state index in [2.05, 4.69) is 58.0 Å². The zero-order chi connectivity index (χ0) is 10.3. The molecule has 0 unspecified atom stereocenters. The van der Waals surface area contributed by atoms with Gasteiger partial charge in [-0.15, -0.1) is 34.5 Å². The molecule has 0 atom stereocenters. The molecule has 0 spiro atoms. The Hall–Kier alpha value is -0.287. The van der Waals surface area contributed by atoms with Crippen LogP contribution in [0.15, 0.2) is 30.3 Å². The quantitative estimate of drug-likeness (QED) is 0.634.